The van der Waals surface area contributed by atoms with Crippen LogP contribution in [-0.2, 0) is 4.79 Å². The van der Waals surface area contributed by atoms with E-state index in [0.29, 0.717) is 34.3 Å². The van der Waals surface area contributed by atoms with Crippen LogP contribution in [0.25, 0.3) is 11.3 Å². The van der Waals surface area contributed by atoms with E-state index in [4.69, 9.17) is 9.47 Å². The highest BCUT2D eigenvalue weighted by Crippen LogP contribution is 2.39. The van der Waals surface area contributed by atoms with E-state index in [0.717, 1.165) is 11.3 Å². The fourth-order valence-electron chi connectivity index (χ4n) is 3.07. The molecule has 0 saturated carbocycles. The molecular weight excluding hydrogens is 408 g/mol. The molecule has 0 aliphatic rings. The Balaban J connectivity index is 1.45. The molecule has 0 radical (unpaired) electrons. The highest BCUT2D eigenvalue weighted by Gasteiger charge is 2.18. The first kappa shape index (κ1) is 20.9. The van der Waals surface area contributed by atoms with Gasteiger partial charge in [0.25, 0.3) is 5.91 Å². The summed E-state index contributed by atoms with van der Waals surface area (Å²) in [5, 5.41) is 20.4. The summed E-state index contributed by atoms with van der Waals surface area (Å²) >= 11 is 0. The number of ether oxygens (including phenoxy) is 2. The lowest BCUT2D eigenvalue weighted by Crippen LogP contribution is -2.20. The summed E-state index contributed by atoms with van der Waals surface area (Å²) in [7, 11) is 0. The van der Waals surface area contributed by atoms with Crippen molar-refractivity contribution in [1.29, 1.82) is 0 Å². The van der Waals surface area contributed by atoms with Gasteiger partial charge in [-0.3, -0.25) is 9.89 Å². The molecule has 8 heteroatoms. The zero-order valence-electron chi connectivity index (χ0n) is 17.6. The fourth-order valence-corrected chi connectivity index (χ4v) is 3.07. The number of pyridine rings is 1. The van der Waals surface area contributed by atoms with Crippen LogP contribution in [0.3, 0.4) is 0 Å². The summed E-state index contributed by atoms with van der Waals surface area (Å²) in [5.74, 6) is 1.57. The lowest BCUT2D eigenvalue weighted by molar-refractivity contribution is -0.118. The van der Waals surface area contributed by atoms with Crippen molar-refractivity contribution in [2.75, 3.05) is 11.9 Å². The maximum absolute atomic E-state index is 12.1. The van der Waals surface area contributed by atoms with Crippen molar-refractivity contribution in [1.82, 2.24) is 15.2 Å². The summed E-state index contributed by atoms with van der Waals surface area (Å²) in [6.45, 7) is 3.53. The van der Waals surface area contributed by atoms with Gasteiger partial charge in [0.2, 0.25) is 0 Å². The van der Waals surface area contributed by atoms with Gasteiger partial charge < -0.3 is 19.9 Å². The van der Waals surface area contributed by atoms with Gasteiger partial charge in [0.05, 0.1) is 5.69 Å². The molecule has 4 aromatic rings. The Morgan fingerprint density at radius 3 is 2.62 bits per heavy atom. The minimum Gasteiger partial charge on any atom is -0.507 e. The van der Waals surface area contributed by atoms with Gasteiger partial charge >= 0.3 is 0 Å². The number of para-hydroxylation sites is 1. The molecule has 0 unspecified atom stereocenters. The first-order valence-electron chi connectivity index (χ1n) is 9.96. The number of carbonyl (C=O) groups is 1. The van der Waals surface area contributed by atoms with E-state index in [1.807, 2.05) is 50.2 Å². The van der Waals surface area contributed by atoms with Crippen LogP contribution in [0.2, 0.25) is 0 Å². The lowest BCUT2D eigenvalue weighted by atomic mass is 10.1. The molecule has 4 rings (SSSR count). The van der Waals surface area contributed by atoms with Crippen molar-refractivity contribution < 1.29 is 19.4 Å². The van der Waals surface area contributed by atoms with Gasteiger partial charge in [0.1, 0.15) is 28.8 Å². The molecule has 0 spiro atoms. The highest BCUT2D eigenvalue weighted by molar-refractivity contribution is 5.91. The average molecular weight is 430 g/mol. The van der Waals surface area contributed by atoms with Crippen LogP contribution in [0.4, 0.5) is 5.82 Å². The van der Waals surface area contributed by atoms with Gasteiger partial charge in [-0.05, 0) is 55.8 Å². The second-order valence-electron chi connectivity index (χ2n) is 7.18. The number of hydrogen-bond donors (Lipinski definition) is 3. The number of aromatic hydroxyl groups is 1. The van der Waals surface area contributed by atoms with Crippen molar-refractivity contribution in [2.45, 2.75) is 13.8 Å². The molecule has 1 amide bonds. The molecule has 32 heavy (non-hydrogen) atoms. The molecule has 0 aliphatic heterocycles. The third-order valence-electron chi connectivity index (χ3n) is 4.63. The number of aromatic amines is 1. The molecule has 0 bridgehead atoms. The minimum absolute atomic E-state index is 0.0485. The zero-order valence-corrected chi connectivity index (χ0v) is 17.6. The second kappa shape index (κ2) is 9.22. The number of nitrogens with one attached hydrogen (secondary N) is 2. The Morgan fingerprint density at radius 2 is 1.88 bits per heavy atom. The van der Waals surface area contributed by atoms with Gasteiger partial charge in [0, 0.05) is 17.8 Å². The lowest BCUT2D eigenvalue weighted by Gasteiger charge is -2.11. The van der Waals surface area contributed by atoms with E-state index in [1.165, 1.54) is 6.07 Å². The Labute approximate surface area is 184 Å². The standard InChI is InChI=1S/C24H22N4O4/c1-15-10-11-25-21(12-15)26-22(30)14-31-18-8-9-19(20(29)13-18)23-24(16(2)27-28-23)32-17-6-4-3-5-7-17/h3-13,29H,14H2,1-2H3,(H,27,28)(H,25,26,30). The number of aromatic nitrogens is 3. The summed E-state index contributed by atoms with van der Waals surface area (Å²) in [6, 6.07) is 17.7. The van der Waals surface area contributed by atoms with Gasteiger partial charge in [-0.2, -0.15) is 5.10 Å². The Kier molecular flexibility index (Phi) is 6.03. The number of nitrogens with zero attached hydrogens (tertiary/aromatic N) is 2. The number of phenolic OH excluding ortho intramolecular Hbond substituents is 1. The molecule has 2 heterocycles. The molecule has 0 atom stereocenters. The smallest absolute Gasteiger partial charge is 0.263 e. The molecule has 0 fully saturated rings. The number of phenols is 1. The van der Waals surface area contributed by atoms with Crippen LogP contribution < -0.4 is 14.8 Å². The molecule has 0 saturated heterocycles. The summed E-state index contributed by atoms with van der Waals surface area (Å²) < 4.78 is 11.5. The van der Waals surface area contributed by atoms with Crippen LogP contribution in [0.15, 0.2) is 66.9 Å². The van der Waals surface area contributed by atoms with Crippen LogP contribution >= 0.6 is 0 Å². The van der Waals surface area contributed by atoms with E-state index in [9.17, 15) is 9.90 Å². The van der Waals surface area contributed by atoms with Gasteiger partial charge in [-0.1, -0.05) is 18.2 Å². The minimum atomic E-state index is -0.354. The van der Waals surface area contributed by atoms with Crippen molar-refractivity contribution in [3.05, 3.63) is 78.1 Å². The van der Waals surface area contributed by atoms with Crippen LogP contribution in [0.1, 0.15) is 11.3 Å². The third kappa shape index (κ3) is 4.86. The Bertz CT molecular complexity index is 1240. The third-order valence-corrected chi connectivity index (χ3v) is 4.63. The number of aryl methyl sites for hydroxylation is 2. The summed E-state index contributed by atoms with van der Waals surface area (Å²) in [6.07, 6.45) is 1.62. The van der Waals surface area contributed by atoms with Crippen LogP contribution in [0.5, 0.6) is 23.0 Å². The first-order chi connectivity index (χ1) is 15.5. The monoisotopic (exact) mass is 430 g/mol. The molecule has 2 aromatic heterocycles. The summed E-state index contributed by atoms with van der Waals surface area (Å²) in [4.78, 5) is 16.2. The molecule has 162 valence electrons. The highest BCUT2D eigenvalue weighted by atomic mass is 16.5. The van der Waals surface area contributed by atoms with Gasteiger partial charge in [-0.15, -0.1) is 0 Å². The van der Waals surface area contributed by atoms with Gasteiger partial charge in [0.15, 0.2) is 12.4 Å². The number of benzene rings is 2. The van der Waals surface area contributed by atoms with Crippen molar-refractivity contribution in [3.8, 4) is 34.3 Å². The summed E-state index contributed by atoms with van der Waals surface area (Å²) in [5.41, 5.74) is 2.66. The second-order valence-corrected chi connectivity index (χ2v) is 7.18. The van der Waals surface area contributed by atoms with Crippen molar-refractivity contribution >= 4 is 11.7 Å². The number of rotatable bonds is 7. The Morgan fingerprint density at radius 1 is 1.06 bits per heavy atom. The van der Waals surface area contributed by atoms with E-state index in [1.54, 1.807) is 24.4 Å². The normalized spacial score (nSPS) is 10.6. The zero-order chi connectivity index (χ0) is 22.5. The van der Waals surface area contributed by atoms with Crippen LogP contribution in [0, 0.1) is 13.8 Å². The van der Waals surface area contributed by atoms with E-state index in [-0.39, 0.29) is 18.3 Å². The largest absolute Gasteiger partial charge is 0.507 e. The first-order valence-corrected chi connectivity index (χ1v) is 9.96. The fraction of sp³-hybridized carbons (Fsp3) is 0.125. The quantitative estimate of drug-likeness (QED) is 0.395. The number of hydrogen-bond acceptors (Lipinski definition) is 6. The van der Waals surface area contributed by atoms with Crippen molar-refractivity contribution in [3.63, 3.8) is 0 Å². The maximum Gasteiger partial charge on any atom is 0.263 e. The Hall–Kier alpha value is -4.33. The van der Waals surface area contributed by atoms with Gasteiger partial charge in [-0.25, -0.2) is 4.98 Å². The predicted molar refractivity (Wildman–Crippen MR) is 120 cm³/mol. The molecule has 3 N–H and O–H groups in total. The number of amides is 1. The predicted octanol–water partition coefficient (Wildman–Crippen LogP) is 4.60. The topological polar surface area (TPSA) is 109 Å². The maximum atomic E-state index is 12.1. The van der Waals surface area contributed by atoms with Crippen LogP contribution in [-0.4, -0.2) is 32.8 Å². The molecule has 0 aliphatic carbocycles. The number of anilines is 1. The average Bonchev–Trinajstić information content (AvgIpc) is 3.13. The number of H-pyrrole nitrogens is 1. The molecule has 8 nitrogen and oxygen atoms in total. The SMILES string of the molecule is Cc1ccnc(NC(=O)COc2ccc(-c3n[nH]c(C)c3Oc3ccccc3)c(O)c2)c1. The van der Waals surface area contributed by atoms with E-state index < -0.39 is 0 Å². The van der Waals surface area contributed by atoms with Crippen molar-refractivity contribution in [2.24, 2.45) is 0 Å². The molecule has 2 aromatic carbocycles. The van der Waals surface area contributed by atoms with E-state index in [2.05, 4.69) is 20.5 Å². The van der Waals surface area contributed by atoms with E-state index >= 15 is 0 Å². The molecular formula is C24H22N4O4. The number of carbonyl (C=O) groups excluding carboxylic acids is 1.